The van der Waals surface area contributed by atoms with Crippen LogP contribution in [0.25, 0.3) is 208 Å². The maximum Gasteiger partial charge on any atom is 0.0165 e. The van der Waals surface area contributed by atoms with E-state index in [1.54, 1.807) is 0 Å². The van der Waals surface area contributed by atoms with Gasteiger partial charge in [-0.2, -0.15) is 0 Å². The van der Waals surface area contributed by atoms with Crippen LogP contribution >= 0.6 is 0 Å². The highest BCUT2D eigenvalue weighted by Gasteiger charge is 2.41. The average Bonchev–Trinajstić information content (AvgIpc) is 1.51. The van der Waals surface area contributed by atoms with E-state index in [0.717, 1.165) is 0 Å². The molecular weight excluding hydrogens is 1410 g/mol. The zero-order chi connectivity index (χ0) is 78.2. The molecule has 0 radical (unpaired) electrons. The summed E-state index contributed by atoms with van der Waals surface area (Å²) < 4.78 is 0. The van der Waals surface area contributed by atoms with E-state index in [0.29, 0.717) is 0 Å². The fraction of sp³-hybridized carbons (Fsp3) is 0.0769. The Bertz CT molecular complexity index is 7710. The number of hydrogen-bond acceptors (Lipinski definition) is 0. The molecule has 3 aliphatic carbocycles. The molecule has 0 heterocycles. The van der Waals surface area contributed by atoms with Crippen LogP contribution in [0.5, 0.6) is 0 Å². The Balaban J connectivity index is 0.000000138. The van der Waals surface area contributed by atoms with Crippen LogP contribution < -0.4 is 0 Å². The fourth-order valence-electron chi connectivity index (χ4n) is 21.6. The molecule has 0 saturated carbocycles. The third-order valence-electron chi connectivity index (χ3n) is 27.0. The lowest BCUT2D eigenvalue weighted by molar-refractivity contribution is 0.661. The van der Waals surface area contributed by atoms with Crippen molar-refractivity contribution in [2.75, 3.05) is 0 Å². The SMILES string of the molecule is CC1(C)c2cc3ccccc3cc2-c2cccc(-c3cccc(-c4c5ccccc5c(-c5cccc(-c6cc7ccccc7c7ccccc67)c5)c5ccccc45)c3)c21.CC1(C)c2ccccc2-c2c1cc(-c1c3ccccc3c(-c3ccc(-c4cccc5c4C(C)(C)c4cc6ccccc6cc4-5)cc3)c3ccccc13)c1ccccc21. The lowest BCUT2D eigenvalue weighted by atomic mass is 9.78. The van der Waals surface area contributed by atoms with E-state index >= 15 is 0 Å². The molecule has 24 rings (SSSR count). The summed E-state index contributed by atoms with van der Waals surface area (Å²) in [6.07, 6.45) is 0. The van der Waals surface area contributed by atoms with Gasteiger partial charge in [-0.05, 0) is 290 Å². The summed E-state index contributed by atoms with van der Waals surface area (Å²) in [5, 5.41) is 23.1. The number of hydrogen-bond donors (Lipinski definition) is 0. The molecule has 3 aliphatic rings. The molecule has 0 heteroatoms. The first kappa shape index (κ1) is 68.5. The Hall–Kier alpha value is -14.0. The van der Waals surface area contributed by atoms with Crippen LogP contribution in [-0.4, -0.2) is 0 Å². The topological polar surface area (TPSA) is 0 Å². The van der Waals surface area contributed by atoms with Crippen molar-refractivity contribution in [1.82, 2.24) is 0 Å². The van der Waals surface area contributed by atoms with Gasteiger partial charge in [-0.15, -0.1) is 0 Å². The highest BCUT2D eigenvalue weighted by molar-refractivity contribution is 6.26. The van der Waals surface area contributed by atoms with Crippen molar-refractivity contribution in [2.24, 2.45) is 0 Å². The minimum absolute atomic E-state index is 0.108. The van der Waals surface area contributed by atoms with Gasteiger partial charge in [0, 0.05) is 16.2 Å². The van der Waals surface area contributed by atoms with Crippen molar-refractivity contribution in [3.8, 4) is 111 Å². The minimum Gasteiger partial charge on any atom is -0.0619 e. The second kappa shape index (κ2) is 26.0. The molecule has 0 spiro atoms. The van der Waals surface area contributed by atoms with Crippen molar-refractivity contribution >= 4 is 97.0 Å². The van der Waals surface area contributed by atoms with Gasteiger partial charge in [-0.25, -0.2) is 0 Å². The highest BCUT2D eigenvalue weighted by Crippen LogP contribution is 2.59. The molecule has 0 aliphatic heterocycles. The Morgan fingerprint density at radius 3 is 0.940 bits per heavy atom. The number of fused-ring (bicyclic) bond motifs is 20. The van der Waals surface area contributed by atoms with Crippen molar-refractivity contribution < 1.29 is 0 Å². The van der Waals surface area contributed by atoms with Crippen LogP contribution in [0, 0.1) is 0 Å². The van der Waals surface area contributed by atoms with E-state index in [1.807, 2.05) is 0 Å². The summed E-state index contributed by atoms with van der Waals surface area (Å²) in [5.74, 6) is 0. The molecule has 0 amide bonds. The average molecular weight is 1490 g/mol. The van der Waals surface area contributed by atoms with E-state index in [-0.39, 0.29) is 16.2 Å². The van der Waals surface area contributed by atoms with Crippen LogP contribution in [0.2, 0.25) is 0 Å². The van der Waals surface area contributed by atoms with Crippen molar-refractivity contribution in [3.05, 3.63) is 422 Å². The first-order chi connectivity index (χ1) is 57.3. The monoisotopic (exact) mass is 1490 g/mol. The van der Waals surface area contributed by atoms with Crippen molar-refractivity contribution in [3.63, 3.8) is 0 Å². The first-order valence-corrected chi connectivity index (χ1v) is 41.4. The van der Waals surface area contributed by atoms with Gasteiger partial charge >= 0.3 is 0 Å². The Kier molecular flexibility index (Phi) is 15.2. The van der Waals surface area contributed by atoms with Crippen molar-refractivity contribution in [2.45, 2.75) is 57.8 Å². The van der Waals surface area contributed by atoms with E-state index in [9.17, 15) is 0 Å². The summed E-state index contributed by atoms with van der Waals surface area (Å²) in [5.41, 5.74) is 34.0. The summed E-state index contributed by atoms with van der Waals surface area (Å²) in [4.78, 5) is 0. The summed E-state index contributed by atoms with van der Waals surface area (Å²) in [6.45, 7) is 14.4. The van der Waals surface area contributed by atoms with E-state index in [4.69, 9.17) is 0 Å². The normalized spacial score (nSPS) is 13.8. The zero-order valence-corrected chi connectivity index (χ0v) is 66.5. The molecule has 21 aromatic carbocycles. The predicted octanol–water partition coefficient (Wildman–Crippen LogP) is 32.3. The van der Waals surface area contributed by atoms with Crippen LogP contribution in [-0.2, 0) is 16.2 Å². The van der Waals surface area contributed by atoms with E-state index in [2.05, 4.69) is 430 Å². The number of rotatable bonds is 7. The van der Waals surface area contributed by atoms with Gasteiger partial charge < -0.3 is 0 Å². The molecule has 0 nitrogen and oxygen atoms in total. The van der Waals surface area contributed by atoms with E-state index in [1.165, 1.54) is 242 Å². The van der Waals surface area contributed by atoms with Gasteiger partial charge in [0.2, 0.25) is 0 Å². The predicted molar refractivity (Wildman–Crippen MR) is 501 cm³/mol. The Morgan fingerprint density at radius 2 is 0.453 bits per heavy atom. The molecule has 21 aromatic rings. The standard InChI is InChI=1S/C59H40.C58H42/c1-59(2)55-36-38-17-4-3-16-37(38)34-54(55)52-31-15-30-45(58(52)59)39-19-13-21-42(32-39)56-48-26-9-11-28-50(48)57(51-29-12-10-27-49(51)56)43-22-14-20-40(33-43)53-35-41-18-5-6-23-44(41)46-24-7-8-25-47(46)53;1-57(2)50-27-14-13-24-47(50)55-41-19-8-7-18-40(41)49(34-52(55)57)54-44-22-11-9-20-42(44)53(43-21-10-12-23-45(43)54)36-30-28-35(29-31-36)39-25-15-26-46-48-32-37-16-5-6-17-38(37)33-51(48)58(3,4)56(39)46/h3-36H,1-2H3;5-34H,1-4H3. The largest absolute Gasteiger partial charge is 0.0619 e. The second-order valence-corrected chi connectivity index (χ2v) is 34.4. The summed E-state index contributed by atoms with van der Waals surface area (Å²) >= 11 is 0. The van der Waals surface area contributed by atoms with E-state index < -0.39 is 0 Å². The Labute approximate surface area is 682 Å². The lowest BCUT2D eigenvalue weighted by Gasteiger charge is -2.25. The molecule has 0 N–H and O–H groups in total. The van der Waals surface area contributed by atoms with Gasteiger partial charge in [0.05, 0.1) is 0 Å². The maximum absolute atomic E-state index is 2.53. The molecule has 0 saturated heterocycles. The van der Waals surface area contributed by atoms with Gasteiger partial charge in [-0.3, -0.25) is 0 Å². The third kappa shape index (κ3) is 10.3. The second-order valence-electron chi connectivity index (χ2n) is 34.4. The molecule has 550 valence electrons. The minimum atomic E-state index is -0.143. The lowest BCUT2D eigenvalue weighted by Crippen LogP contribution is -2.16. The van der Waals surface area contributed by atoms with Gasteiger partial charge in [-0.1, -0.05) is 381 Å². The first-order valence-electron chi connectivity index (χ1n) is 41.4. The van der Waals surface area contributed by atoms with Gasteiger partial charge in [0.1, 0.15) is 0 Å². The molecule has 0 atom stereocenters. The quantitative estimate of drug-likeness (QED) is 0.110. The Morgan fingerprint density at radius 1 is 0.137 bits per heavy atom. The molecule has 0 unspecified atom stereocenters. The van der Waals surface area contributed by atoms with Crippen LogP contribution in [0.3, 0.4) is 0 Å². The molecule has 0 bridgehead atoms. The van der Waals surface area contributed by atoms with Crippen LogP contribution in [0.4, 0.5) is 0 Å². The molecule has 0 fully saturated rings. The summed E-state index contributed by atoms with van der Waals surface area (Å²) in [7, 11) is 0. The van der Waals surface area contributed by atoms with Crippen molar-refractivity contribution in [1.29, 1.82) is 0 Å². The molecule has 0 aromatic heterocycles. The highest BCUT2D eigenvalue weighted by atomic mass is 14.4. The molecular formula is C117H82. The zero-order valence-electron chi connectivity index (χ0n) is 66.5. The maximum atomic E-state index is 2.53. The van der Waals surface area contributed by atoms with Gasteiger partial charge in [0.25, 0.3) is 0 Å². The molecule has 117 heavy (non-hydrogen) atoms. The summed E-state index contributed by atoms with van der Waals surface area (Å²) in [6, 6.07) is 146. The van der Waals surface area contributed by atoms with Crippen LogP contribution in [0.1, 0.15) is 74.9 Å². The van der Waals surface area contributed by atoms with Gasteiger partial charge in [0.15, 0.2) is 0 Å². The third-order valence-corrected chi connectivity index (χ3v) is 27.0. The number of benzene rings is 21. The fourth-order valence-corrected chi connectivity index (χ4v) is 21.6. The van der Waals surface area contributed by atoms with Crippen LogP contribution in [0.15, 0.2) is 388 Å². The smallest absolute Gasteiger partial charge is 0.0165 e.